The molecule has 0 bridgehead atoms. The Morgan fingerprint density at radius 2 is 1.57 bits per heavy atom. The van der Waals surface area contributed by atoms with Crippen molar-refractivity contribution in [3.8, 4) is 0 Å². The van der Waals surface area contributed by atoms with E-state index in [1.165, 1.54) is 19.2 Å². The third kappa shape index (κ3) is 2.08. The number of carbonyl (C=O) groups excluding carboxylic acids is 2. The number of carbonyl (C=O) groups is 2. The fraction of sp³-hybridized carbons (Fsp3) is 0.125. The highest BCUT2D eigenvalue weighted by molar-refractivity contribution is 6.30. The van der Waals surface area contributed by atoms with Crippen molar-refractivity contribution in [3.05, 3.63) is 58.1 Å². The fourth-order valence-corrected chi connectivity index (χ4v) is 2.83. The fourth-order valence-electron chi connectivity index (χ4n) is 2.83. The standard InChI is InChI=1S/C16H11F3N2O2/c1-21-13-11-9(6-10(20)12(13)16(17,18)19)14(22)7-4-2-3-5-8(7)15(11)23/h2-6,21H,20H2,1H3. The van der Waals surface area contributed by atoms with Crippen LogP contribution in [0.5, 0.6) is 0 Å². The van der Waals surface area contributed by atoms with Crippen molar-refractivity contribution in [2.75, 3.05) is 18.1 Å². The molecule has 3 N–H and O–H groups in total. The molecule has 0 atom stereocenters. The van der Waals surface area contributed by atoms with E-state index >= 15 is 0 Å². The molecule has 0 fully saturated rings. The van der Waals surface area contributed by atoms with E-state index in [0.29, 0.717) is 0 Å². The van der Waals surface area contributed by atoms with Crippen LogP contribution in [0.15, 0.2) is 30.3 Å². The second kappa shape index (κ2) is 4.84. The summed E-state index contributed by atoms with van der Waals surface area (Å²) in [7, 11) is 1.25. The molecule has 0 saturated heterocycles. The molecule has 4 nitrogen and oxygen atoms in total. The molecule has 3 rings (SSSR count). The number of anilines is 2. The van der Waals surface area contributed by atoms with Gasteiger partial charge in [0.1, 0.15) is 5.56 Å². The minimum atomic E-state index is -4.75. The predicted octanol–water partition coefficient (Wildman–Crippen LogP) is 3.10. The molecule has 2 aromatic carbocycles. The average molecular weight is 320 g/mol. The maximum atomic E-state index is 13.3. The zero-order chi connectivity index (χ0) is 16.9. The molecule has 0 amide bonds. The molecule has 0 radical (unpaired) electrons. The second-order valence-electron chi connectivity index (χ2n) is 5.09. The molecule has 1 aliphatic rings. The number of hydrogen-bond donors (Lipinski definition) is 2. The first-order chi connectivity index (χ1) is 10.8. The Hall–Kier alpha value is -2.83. The lowest BCUT2D eigenvalue weighted by Gasteiger charge is -2.24. The summed E-state index contributed by atoms with van der Waals surface area (Å²) in [5, 5.41) is 2.38. The number of fused-ring (bicyclic) bond motifs is 2. The van der Waals surface area contributed by atoms with E-state index in [-0.39, 0.29) is 22.3 Å². The van der Waals surface area contributed by atoms with E-state index in [1.807, 2.05) is 0 Å². The van der Waals surface area contributed by atoms with Gasteiger partial charge in [-0.1, -0.05) is 24.3 Å². The van der Waals surface area contributed by atoms with Crippen LogP contribution in [0.1, 0.15) is 37.4 Å². The van der Waals surface area contributed by atoms with Gasteiger partial charge in [0.25, 0.3) is 0 Å². The number of nitrogen functional groups attached to an aromatic ring is 1. The molecule has 0 spiro atoms. The molecule has 0 heterocycles. The normalized spacial score (nSPS) is 13.6. The summed E-state index contributed by atoms with van der Waals surface area (Å²) in [6, 6.07) is 6.94. The van der Waals surface area contributed by atoms with Crippen LogP contribution in [0, 0.1) is 0 Å². The molecule has 118 valence electrons. The van der Waals surface area contributed by atoms with Gasteiger partial charge in [0.05, 0.1) is 11.3 Å². The number of nitrogens with one attached hydrogen (secondary N) is 1. The third-order valence-electron chi connectivity index (χ3n) is 3.78. The van der Waals surface area contributed by atoms with Gasteiger partial charge in [0.2, 0.25) is 0 Å². The highest BCUT2D eigenvalue weighted by atomic mass is 19.4. The molecule has 0 saturated carbocycles. The van der Waals surface area contributed by atoms with Gasteiger partial charge in [-0.3, -0.25) is 9.59 Å². The maximum absolute atomic E-state index is 13.3. The lowest BCUT2D eigenvalue weighted by atomic mass is 9.81. The SMILES string of the molecule is CNc1c2c(cc(N)c1C(F)(F)F)C(=O)c1ccccc1C2=O. The Balaban J connectivity index is 2.40. The van der Waals surface area contributed by atoms with Crippen molar-refractivity contribution in [1.82, 2.24) is 0 Å². The lowest BCUT2D eigenvalue weighted by molar-refractivity contribution is -0.136. The van der Waals surface area contributed by atoms with E-state index in [2.05, 4.69) is 5.32 Å². The zero-order valence-corrected chi connectivity index (χ0v) is 11.9. The molecule has 0 unspecified atom stereocenters. The highest BCUT2D eigenvalue weighted by Gasteiger charge is 2.41. The van der Waals surface area contributed by atoms with Crippen LogP contribution in [0.3, 0.4) is 0 Å². The summed E-state index contributed by atoms with van der Waals surface area (Å²) < 4.78 is 39.8. The molecule has 0 aliphatic heterocycles. The van der Waals surface area contributed by atoms with E-state index in [9.17, 15) is 22.8 Å². The van der Waals surface area contributed by atoms with Gasteiger partial charge in [0.15, 0.2) is 11.6 Å². The van der Waals surface area contributed by atoms with Crippen LogP contribution in [-0.2, 0) is 6.18 Å². The van der Waals surface area contributed by atoms with Gasteiger partial charge in [0, 0.05) is 29.4 Å². The van der Waals surface area contributed by atoms with Crippen molar-refractivity contribution in [2.45, 2.75) is 6.18 Å². The number of nitrogens with two attached hydrogens (primary N) is 1. The first-order valence-electron chi connectivity index (χ1n) is 6.67. The van der Waals surface area contributed by atoms with E-state index in [0.717, 1.165) is 6.07 Å². The summed E-state index contributed by atoms with van der Waals surface area (Å²) >= 11 is 0. The van der Waals surface area contributed by atoms with E-state index in [4.69, 9.17) is 5.73 Å². The monoisotopic (exact) mass is 320 g/mol. The van der Waals surface area contributed by atoms with Gasteiger partial charge >= 0.3 is 6.18 Å². The Labute approximate surface area is 129 Å². The molecule has 7 heteroatoms. The minimum absolute atomic E-state index is 0.0828. The van der Waals surface area contributed by atoms with Crippen molar-refractivity contribution in [2.24, 2.45) is 0 Å². The van der Waals surface area contributed by atoms with E-state index in [1.54, 1.807) is 12.1 Å². The number of benzene rings is 2. The van der Waals surface area contributed by atoms with Crippen LogP contribution in [0.25, 0.3) is 0 Å². The molecular weight excluding hydrogens is 309 g/mol. The highest BCUT2D eigenvalue weighted by Crippen LogP contribution is 2.44. The van der Waals surface area contributed by atoms with Crippen LogP contribution in [-0.4, -0.2) is 18.6 Å². The van der Waals surface area contributed by atoms with Crippen molar-refractivity contribution in [3.63, 3.8) is 0 Å². The predicted molar refractivity (Wildman–Crippen MR) is 78.7 cm³/mol. The lowest BCUT2D eigenvalue weighted by Crippen LogP contribution is -2.25. The van der Waals surface area contributed by atoms with Crippen LogP contribution >= 0.6 is 0 Å². The minimum Gasteiger partial charge on any atom is -0.398 e. The summed E-state index contributed by atoms with van der Waals surface area (Å²) in [4.78, 5) is 25.1. The van der Waals surface area contributed by atoms with Gasteiger partial charge in [-0.05, 0) is 6.07 Å². The molecular formula is C16H11F3N2O2. The second-order valence-corrected chi connectivity index (χ2v) is 5.09. The maximum Gasteiger partial charge on any atom is 0.420 e. The molecule has 1 aliphatic carbocycles. The smallest absolute Gasteiger partial charge is 0.398 e. The molecule has 23 heavy (non-hydrogen) atoms. The Kier molecular flexibility index (Phi) is 3.17. The van der Waals surface area contributed by atoms with Crippen LogP contribution in [0.2, 0.25) is 0 Å². The first kappa shape index (κ1) is 15.1. The van der Waals surface area contributed by atoms with Gasteiger partial charge < -0.3 is 11.1 Å². The van der Waals surface area contributed by atoms with Crippen molar-refractivity contribution < 1.29 is 22.8 Å². The summed E-state index contributed by atoms with van der Waals surface area (Å²) in [5.41, 5.74) is 3.13. The summed E-state index contributed by atoms with van der Waals surface area (Å²) in [5.74, 6) is -1.16. The third-order valence-corrected chi connectivity index (χ3v) is 3.78. The Morgan fingerprint density at radius 1 is 1.00 bits per heavy atom. The Bertz CT molecular complexity index is 857. The number of alkyl halides is 3. The summed E-state index contributed by atoms with van der Waals surface area (Å²) in [6.07, 6.45) is -4.75. The van der Waals surface area contributed by atoms with Gasteiger partial charge in [-0.25, -0.2) is 0 Å². The molecule has 2 aromatic rings. The number of rotatable bonds is 1. The average Bonchev–Trinajstić information content (AvgIpc) is 2.50. The summed E-state index contributed by atoms with van der Waals surface area (Å²) in [6.45, 7) is 0. The number of hydrogen-bond acceptors (Lipinski definition) is 4. The Morgan fingerprint density at radius 3 is 2.09 bits per heavy atom. The van der Waals surface area contributed by atoms with E-state index < -0.39 is 34.7 Å². The van der Waals surface area contributed by atoms with Crippen molar-refractivity contribution in [1.29, 1.82) is 0 Å². The number of halogens is 3. The van der Waals surface area contributed by atoms with Crippen LogP contribution in [0.4, 0.5) is 24.5 Å². The largest absolute Gasteiger partial charge is 0.420 e. The van der Waals surface area contributed by atoms with Gasteiger partial charge in [-0.15, -0.1) is 0 Å². The number of ketones is 2. The zero-order valence-electron chi connectivity index (χ0n) is 11.9. The topological polar surface area (TPSA) is 72.2 Å². The molecule has 0 aromatic heterocycles. The van der Waals surface area contributed by atoms with Gasteiger partial charge in [-0.2, -0.15) is 13.2 Å². The van der Waals surface area contributed by atoms with Crippen molar-refractivity contribution >= 4 is 22.9 Å². The quantitative estimate of drug-likeness (QED) is 0.676. The van der Waals surface area contributed by atoms with Crippen LogP contribution < -0.4 is 11.1 Å². The first-order valence-corrected chi connectivity index (χ1v) is 6.67.